The van der Waals surface area contributed by atoms with Crippen molar-refractivity contribution in [2.24, 2.45) is 0 Å². The third-order valence-corrected chi connectivity index (χ3v) is 2.21. The molecule has 0 saturated heterocycles. The summed E-state index contributed by atoms with van der Waals surface area (Å²) in [7, 11) is 0. The molecule has 0 aromatic heterocycles. The monoisotopic (exact) mass is 200 g/mol. The molecule has 0 amide bonds. The molecule has 0 fully saturated rings. The van der Waals surface area contributed by atoms with Gasteiger partial charge in [-0.05, 0) is 23.3 Å². The highest BCUT2D eigenvalue weighted by atomic mass is 16.5. The molecule has 2 rings (SSSR count). The zero-order valence-electron chi connectivity index (χ0n) is 8.35. The first-order valence-corrected chi connectivity index (χ1v) is 4.91. The van der Waals surface area contributed by atoms with Gasteiger partial charge in [-0.25, -0.2) is 0 Å². The van der Waals surface area contributed by atoms with Gasteiger partial charge in [0.1, 0.15) is 0 Å². The average molecular weight is 200 g/mol. The van der Waals surface area contributed by atoms with Crippen molar-refractivity contribution in [1.29, 1.82) is 0 Å². The largest absolute Gasteiger partial charge is 0.373 e. The zero-order valence-corrected chi connectivity index (χ0v) is 8.35. The maximum absolute atomic E-state index is 11.0. The van der Waals surface area contributed by atoms with Crippen molar-refractivity contribution < 1.29 is 9.53 Å². The van der Waals surface area contributed by atoms with E-state index in [9.17, 15) is 4.79 Å². The topological polar surface area (TPSA) is 26.3 Å². The fourth-order valence-corrected chi connectivity index (χ4v) is 1.45. The number of carbonyl (C=O) groups is 1. The van der Waals surface area contributed by atoms with Crippen molar-refractivity contribution >= 4 is 5.78 Å². The summed E-state index contributed by atoms with van der Waals surface area (Å²) in [6, 6.07) is 0. The third kappa shape index (κ3) is 2.64. The Hall–Kier alpha value is -1.67. The number of allylic oxidation sites excluding steroid dienone is 8. The molecule has 0 radical (unpaired) electrons. The molecule has 2 aliphatic rings. The molecule has 2 heteroatoms. The van der Waals surface area contributed by atoms with Crippen LogP contribution in [0.3, 0.4) is 0 Å². The van der Waals surface area contributed by atoms with Gasteiger partial charge in [0.05, 0.1) is 13.2 Å². The number of rotatable bonds is 0. The van der Waals surface area contributed by atoms with E-state index >= 15 is 0 Å². The number of hydrogen-bond donors (Lipinski definition) is 0. The molecule has 0 aromatic rings. The minimum atomic E-state index is 0.0430. The van der Waals surface area contributed by atoms with Crippen LogP contribution < -0.4 is 0 Å². The van der Waals surface area contributed by atoms with Crippen molar-refractivity contribution in [3.8, 4) is 0 Å². The lowest BCUT2D eigenvalue weighted by atomic mass is 10.0. The van der Waals surface area contributed by atoms with Crippen molar-refractivity contribution in [2.45, 2.75) is 0 Å². The molecular formula is C13H12O2. The highest BCUT2D eigenvalue weighted by molar-refractivity contribution is 6.01. The van der Waals surface area contributed by atoms with Gasteiger partial charge in [-0.15, -0.1) is 0 Å². The molecule has 76 valence electrons. The Morgan fingerprint density at radius 1 is 0.800 bits per heavy atom. The minimum absolute atomic E-state index is 0.0430. The highest BCUT2D eigenvalue weighted by Gasteiger charge is 2.02. The van der Waals surface area contributed by atoms with Gasteiger partial charge >= 0.3 is 0 Å². The van der Waals surface area contributed by atoms with E-state index in [1.54, 1.807) is 12.2 Å². The standard InChI is InChI=1S/C13H12O2/c14-13-7-5-12(6-8-13)11-3-1-9-15-10-2-4-11/h1-8H,9-10H2. The van der Waals surface area contributed by atoms with Gasteiger partial charge in [0, 0.05) is 0 Å². The summed E-state index contributed by atoms with van der Waals surface area (Å²) >= 11 is 0. The Kier molecular flexibility index (Phi) is 3.10. The average Bonchev–Trinajstić information content (AvgIpc) is 2.19. The highest BCUT2D eigenvalue weighted by Crippen LogP contribution is 2.15. The fraction of sp³-hybridized carbons (Fsp3) is 0.154. The molecule has 0 N–H and O–H groups in total. The molecular weight excluding hydrogens is 188 g/mol. The van der Waals surface area contributed by atoms with E-state index < -0.39 is 0 Å². The maximum Gasteiger partial charge on any atom is 0.178 e. The van der Waals surface area contributed by atoms with Crippen LogP contribution in [0.25, 0.3) is 0 Å². The fourth-order valence-electron chi connectivity index (χ4n) is 1.45. The summed E-state index contributed by atoms with van der Waals surface area (Å²) in [6.45, 7) is 1.26. The van der Waals surface area contributed by atoms with E-state index in [1.165, 1.54) is 0 Å². The predicted molar refractivity (Wildman–Crippen MR) is 59.4 cm³/mol. The van der Waals surface area contributed by atoms with E-state index in [0.29, 0.717) is 13.2 Å². The first-order valence-electron chi connectivity index (χ1n) is 4.91. The Morgan fingerprint density at radius 3 is 1.93 bits per heavy atom. The van der Waals surface area contributed by atoms with Crippen molar-refractivity contribution in [3.05, 3.63) is 59.8 Å². The third-order valence-electron chi connectivity index (χ3n) is 2.21. The van der Waals surface area contributed by atoms with Gasteiger partial charge in [0.2, 0.25) is 0 Å². The normalized spacial score (nSPS) is 20.7. The summed E-state index contributed by atoms with van der Waals surface area (Å²) in [5.74, 6) is 0.0430. The smallest absolute Gasteiger partial charge is 0.178 e. The number of hydrogen-bond acceptors (Lipinski definition) is 2. The molecule has 2 nitrogen and oxygen atoms in total. The SMILES string of the molecule is O=C1C=CC(=C2C=CCOCC=C2)C=C1. The Balaban J connectivity index is 2.30. The predicted octanol–water partition coefficient (Wildman–Crippen LogP) is 2.12. The van der Waals surface area contributed by atoms with Crippen LogP contribution in [0.2, 0.25) is 0 Å². The van der Waals surface area contributed by atoms with Crippen molar-refractivity contribution in [2.75, 3.05) is 13.2 Å². The van der Waals surface area contributed by atoms with Crippen molar-refractivity contribution in [3.63, 3.8) is 0 Å². The maximum atomic E-state index is 11.0. The Labute approximate surface area is 88.9 Å². The summed E-state index contributed by atoms with van der Waals surface area (Å²) in [6.07, 6.45) is 14.8. The van der Waals surface area contributed by atoms with Crippen LogP contribution in [0.4, 0.5) is 0 Å². The van der Waals surface area contributed by atoms with E-state index in [2.05, 4.69) is 0 Å². The van der Waals surface area contributed by atoms with Crippen LogP contribution in [-0.2, 0) is 9.53 Å². The van der Waals surface area contributed by atoms with E-state index in [1.807, 2.05) is 36.5 Å². The van der Waals surface area contributed by atoms with Gasteiger partial charge < -0.3 is 4.74 Å². The summed E-state index contributed by atoms with van der Waals surface area (Å²) < 4.78 is 5.24. The Morgan fingerprint density at radius 2 is 1.33 bits per heavy atom. The van der Waals surface area contributed by atoms with Crippen LogP contribution in [0, 0.1) is 0 Å². The number of ether oxygens (including phenoxy) is 1. The molecule has 0 atom stereocenters. The molecule has 1 heterocycles. The lowest BCUT2D eigenvalue weighted by molar-refractivity contribution is -0.110. The molecule has 0 unspecified atom stereocenters. The number of carbonyl (C=O) groups excluding carboxylic acids is 1. The Bertz CT molecular complexity index is 372. The van der Waals surface area contributed by atoms with E-state index in [0.717, 1.165) is 11.1 Å². The second kappa shape index (κ2) is 4.71. The number of ketones is 1. The summed E-state index contributed by atoms with van der Waals surface area (Å²) in [4.78, 5) is 11.0. The van der Waals surface area contributed by atoms with Gasteiger partial charge in [-0.1, -0.05) is 36.5 Å². The van der Waals surface area contributed by atoms with E-state index in [4.69, 9.17) is 4.74 Å². The minimum Gasteiger partial charge on any atom is -0.373 e. The first-order chi connectivity index (χ1) is 7.36. The van der Waals surface area contributed by atoms with Crippen molar-refractivity contribution in [1.82, 2.24) is 0 Å². The molecule has 0 saturated carbocycles. The molecule has 0 spiro atoms. The molecule has 0 bridgehead atoms. The van der Waals surface area contributed by atoms with Gasteiger partial charge in [-0.3, -0.25) is 4.79 Å². The second-order valence-corrected chi connectivity index (χ2v) is 3.32. The van der Waals surface area contributed by atoms with Crippen LogP contribution in [0.1, 0.15) is 0 Å². The van der Waals surface area contributed by atoms with Gasteiger partial charge in [0.15, 0.2) is 5.78 Å². The molecule has 0 aromatic carbocycles. The molecule has 1 aliphatic heterocycles. The van der Waals surface area contributed by atoms with Crippen LogP contribution >= 0.6 is 0 Å². The van der Waals surface area contributed by atoms with E-state index in [-0.39, 0.29) is 5.78 Å². The summed E-state index contributed by atoms with van der Waals surface area (Å²) in [5, 5.41) is 0. The molecule has 15 heavy (non-hydrogen) atoms. The second-order valence-electron chi connectivity index (χ2n) is 3.32. The summed E-state index contributed by atoms with van der Waals surface area (Å²) in [5.41, 5.74) is 2.17. The van der Waals surface area contributed by atoms with Gasteiger partial charge in [-0.2, -0.15) is 0 Å². The lowest BCUT2D eigenvalue weighted by Crippen LogP contribution is -1.96. The van der Waals surface area contributed by atoms with Crippen LogP contribution in [0.5, 0.6) is 0 Å². The zero-order chi connectivity index (χ0) is 10.5. The molecule has 1 aliphatic carbocycles. The van der Waals surface area contributed by atoms with Crippen LogP contribution in [0.15, 0.2) is 59.8 Å². The quantitative estimate of drug-likeness (QED) is 0.598. The lowest BCUT2D eigenvalue weighted by Gasteiger charge is -2.06. The van der Waals surface area contributed by atoms with Gasteiger partial charge in [0.25, 0.3) is 0 Å². The van der Waals surface area contributed by atoms with Crippen LogP contribution in [-0.4, -0.2) is 19.0 Å². The first kappa shape index (κ1) is 9.87.